The van der Waals surface area contributed by atoms with E-state index in [2.05, 4.69) is 15.8 Å². The van der Waals surface area contributed by atoms with Gasteiger partial charge in [0.15, 0.2) is 0 Å². The molecule has 2 N–H and O–H groups in total. The predicted octanol–water partition coefficient (Wildman–Crippen LogP) is 4.84. The molecule has 0 spiro atoms. The number of aryl methyl sites for hydroxylation is 1. The molecule has 0 saturated carbocycles. The number of carbonyl (C=O) groups is 1. The molecule has 0 aliphatic heterocycles. The van der Waals surface area contributed by atoms with Gasteiger partial charge in [-0.1, -0.05) is 30.3 Å². The minimum atomic E-state index is -4.43. The van der Waals surface area contributed by atoms with Crippen LogP contribution >= 0.6 is 0 Å². The fraction of sp³-hybridized carbons (Fsp3) is 0.143. The Morgan fingerprint density at radius 2 is 1.90 bits per heavy atom. The third-order valence-corrected chi connectivity index (χ3v) is 4.07. The van der Waals surface area contributed by atoms with Crippen molar-refractivity contribution in [2.24, 2.45) is 5.10 Å². The number of hydrogen-bond donors (Lipinski definition) is 2. The predicted molar refractivity (Wildman–Crippen MR) is 105 cm³/mol. The summed E-state index contributed by atoms with van der Waals surface area (Å²) in [5.41, 5.74) is 3.77. The molecule has 0 unspecified atom stereocenters. The van der Waals surface area contributed by atoms with Crippen molar-refractivity contribution < 1.29 is 22.4 Å². The van der Waals surface area contributed by atoms with Gasteiger partial charge in [0.2, 0.25) is 0 Å². The first-order valence-corrected chi connectivity index (χ1v) is 8.72. The standard InChI is InChI=1S/C21H18F3N3O2/c1-14-5-2-3-8-18(14)25-13-20(28)27-26-12-17-9-10-19(29-17)15-6-4-7-16(11-15)21(22,23)24/h2-12,25H,13H2,1H3,(H,27,28)/b26-12-. The first kappa shape index (κ1) is 20.2. The van der Waals surface area contributed by atoms with Crippen LogP contribution in [-0.2, 0) is 11.0 Å². The second-order valence-corrected chi connectivity index (χ2v) is 6.24. The van der Waals surface area contributed by atoms with Crippen LogP contribution in [0, 0.1) is 6.92 Å². The van der Waals surface area contributed by atoms with Gasteiger partial charge >= 0.3 is 6.18 Å². The summed E-state index contributed by atoms with van der Waals surface area (Å²) in [4.78, 5) is 11.9. The van der Waals surface area contributed by atoms with Gasteiger partial charge in [0.05, 0.1) is 18.3 Å². The molecule has 29 heavy (non-hydrogen) atoms. The number of nitrogens with zero attached hydrogens (tertiary/aromatic N) is 1. The largest absolute Gasteiger partial charge is 0.455 e. The van der Waals surface area contributed by atoms with Gasteiger partial charge in [0, 0.05) is 11.3 Å². The number of benzene rings is 2. The zero-order valence-corrected chi connectivity index (χ0v) is 15.5. The average Bonchev–Trinajstić information content (AvgIpc) is 3.16. The molecule has 0 bridgehead atoms. The Morgan fingerprint density at radius 3 is 2.66 bits per heavy atom. The molecule has 5 nitrogen and oxygen atoms in total. The maximum absolute atomic E-state index is 12.8. The fourth-order valence-electron chi connectivity index (χ4n) is 2.58. The van der Waals surface area contributed by atoms with Crippen LogP contribution in [0.5, 0.6) is 0 Å². The van der Waals surface area contributed by atoms with E-state index in [0.29, 0.717) is 11.3 Å². The molecule has 0 fully saturated rings. The molecule has 1 aromatic heterocycles. The second kappa shape index (κ2) is 8.64. The van der Waals surface area contributed by atoms with Crippen LogP contribution in [-0.4, -0.2) is 18.7 Å². The monoisotopic (exact) mass is 401 g/mol. The number of alkyl halides is 3. The van der Waals surface area contributed by atoms with Crippen molar-refractivity contribution in [1.29, 1.82) is 0 Å². The lowest BCUT2D eigenvalue weighted by atomic mass is 10.1. The van der Waals surface area contributed by atoms with Gasteiger partial charge < -0.3 is 9.73 Å². The van der Waals surface area contributed by atoms with Crippen LogP contribution in [0.4, 0.5) is 18.9 Å². The number of hydrogen-bond acceptors (Lipinski definition) is 4. The number of furan rings is 1. The molecular formula is C21H18F3N3O2. The maximum atomic E-state index is 12.8. The number of carbonyl (C=O) groups excluding carboxylic acids is 1. The van der Waals surface area contributed by atoms with Crippen molar-refractivity contribution in [3.63, 3.8) is 0 Å². The van der Waals surface area contributed by atoms with E-state index in [-0.39, 0.29) is 18.2 Å². The Hall–Kier alpha value is -3.55. The second-order valence-electron chi connectivity index (χ2n) is 6.24. The van der Waals surface area contributed by atoms with Crippen molar-refractivity contribution in [3.8, 4) is 11.3 Å². The molecule has 1 heterocycles. The van der Waals surface area contributed by atoms with Gasteiger partial charge in [-0.3, -0.25) is 4.79 Å². The molecule has 2 aromatic carbocycles. The molecule has 1 amide bonds. The highest BCUT2D eigenvalue weighted by Gasteiger charge is 2.30. The summed E-state index contributed by atoms with van der Waals surface area (Å²) >= 11 is 0. The Bertz CT molecular complexity index is 1030. The number of anilines is 1. The van der Waals surface area contributed by atoms with Crippen LogP contribution < -0.4 is 10.7 Å². The molecule has 0 aliphatic carbocycles. The molecule has 3 rings (SSSR count). The summed E-state index contributed by atoms with van der Waals surface area (Å²) in [6.07, 6.45) is -3.15. The van der Waals surface area contributed by atoms with Crippen LogP contribution in [0.2, 0.25) is 0 Å². The third-order valence-electron chi connectivity index (χ3n) is 4.07. The SMILES string of the molecule is Cc1ccccc1NCC(=O)N/N=C\c1ccc(-c2cccc(C(F)(F)F)c2)o1. The number of nitrogens with one attached hydrogen (secondary N) is 2. The van der Waals surface area contributed by atoms with E-state index >= 15 is 0 Å². The number of rotatable bonds is 6. The van der Waals surface area contributed by atoms with E-state index in [1.54, 1.807) is 12.1 Å². The molecule has 0 saturated heterocycles. The Kier molecular flexibility index (Phi) is 6.01. The average molecular weight is 401 g/mol. The van der Waals surface area contributed by atoms with Gasteiger partial charge in [-0.2, -0.15) is 18.3 Å². The smallest absolute Gasteiger partial charge is 0.416 e. The first-order valence-electron chi connectivity index (χ1n) is 8.72. The van der Waals surface area contributed by atoms with E-state index < -0.39 is 11.7 Å². The summed E-state index contributed by atoms with van der Waals surface area (Å²) in [5.74, 6) is 0.212. The Labute approximate surface area is 165 Å². The van der Waals surface area contributed by atoms with E-state index in [0.717, 1.165) is 23.4 Å². The van der Waals surface area contributed by atoms with Crippen LogP contribution in [0.25, 0.3) is 11.3 Å². The molecule has 8 heteroatoms. The quantitative estimate of drug-likeness (QED) is 0.459. The van der Waals surface area contributed by atoms with Crippen LogP contribution in [0.3, 0.4) is 0 Å². The molecule has 0 aliphatic rings. The number of para-hydroxylation sites is 1. The maximum Gasteiger partial charge on any atom is 0.416 e. The summed E-state index contributed by atoms with van der Waals surface area (Å²) < 4.78 is 44.0. The highest BCUT2D eigenvalue weighted by atomic mass is 19.4. The Morgan fingerprint density at radius 1 is 1.10 bits per heavy atom. The summed E-state index contributed by atoms with van der Waals surface area (Å²) in [6, 6.07) is 15.5. The first-order chi connectivity index (χ1) is 13.8. The normalized spacial score (nSPS) is 11.6. The van der Waals surface area contributed by atoms with Crippen molar-refractivity contribution in [2.45, 2.75) is 13.1 Å². The van der Waals surface area contributed by atoms with E-state index in [1.807, 2.05) is 31.2 Å². The number of halogens is 3. The van der Waals surface area contributed by atoms with Crippen LogP contribution in [0.15, 0.2) is 70.2 Å². The van der Waals surface area contributed by atoms with Gasteiger partial charge in [-0.25, -0.2) is 5.43 Å². The summed E-state index contributed by atoms with van der Waals surface area (Å²) in [5, 5.41) is 6.80. The fourth-order valence-corrected chi connectivity index (χ4v) is 2.58. The van der Waals surface area contributed by atoms with E-state index in [1.165, 1.54) is 18.3 Å². The number of hydrazone groups is 1. The summed E-state index contributed by atoms with van der Waals surface area (Å²) in [7, 11) is 0. The highest BCUT2D eigenvalue weighted by molar-refractivity contribution is 5.83. The Balaban J connectivity index is 1.57. The number of amides is 1. The van der Waals surface area contributed by atoms with Gasteiger partial charge in [-0.15, -0.1) is 0 Å². The highest BCUT2D eigenvalue weighted by Crippen LogP contribution is 2.32. The minimum absolute atomic E-state index is 0.0375. The third kappa shape index (κ3) is 5.47. The van der Waals surface area contributed by atoms with Gasteiger partial charge in [0.1, 0.15) is 11.5 Å². The van der Waals surface area contributed by atoms with Crippen molar-refractivity contribution in [1.82, 2.24) is 5.43 Å². The molecule has 0 radical (unpaired) electrons. The van der Waals surface area contributed by atoms with Gasteiger partial charge in [-0.05, 0) is 42.8 Å². The van der Waals surface area contributed by atoms with Crippen molar-refractivity contribution in [2.75, 3.05) is 11.9 Å². The molecule has 150 valence electrons. The van der Waals surface area contributed by atoms with Crippen molar-refractivity contribution in [3.05, 3.63) is 77.6 Å². The van der Waals surface area contributed by atoms with E-state index in [4.69, 9.17) is 4.42 Å². The molecular weight excluding hydrogens is 383 g/mol. The van der Waals surface area contributed by atoms with Crippen molar-refractivity contribution >= 4 is 17.8 Å². The topological polar surface area (TPSA) is 66.6 Å². The van der Waals surface area contributed by atoms with Crippen LogP contribution in [0.1, 0.15) is 16.9 Å². The zero-order valence-electron chi connectivity index (χ0n) is 15.5. The lowest BCUT2D eigenvalue weighted by Crippen LogP contribution is -2.26. The van der Waals surface area contributed by atoms with E-state index in [9.17, 15) is 18.0 Å². The zero-order chi connectivity index (χ0) is 20.9. The lowest BCUT2D eigenvalue weighted by molar-refractivity contribution is -0.137. The lowest BCUT2D eigenvalue weighted by Gasteiger charge is -2.07. The minimum Gasteiger partial charge on any atom is -0.455 e. The molecule has 3 aromatic rings. The summed E-state index contributed by atoms with van der Waals surface area (Å²) in [6.45, 7) is 1.97. The van der Waals surface area contributed by atoms with Gasteiger partial charge in [0.25, 0.3) is 5.91 Å². The molecule has 0 atom stereocenters.